The van der Waals surface area contributed by atoms with Crippen LogP contribution in [0.1, 0.15) is 27.9 Å². The van der Waals surface area contributed by atoms with Gasteiger partial charge in [-0.05, 0) is 42.0 Å². The number of amides is 2. The summed E-state index contributed by atoms with van der Waals surface area (Å²) in [4.78, 5) is 26.3. The third kappa shape index (κ3) is 6.61. The third-order valence-corrected chi connectivity index (χ3v) is 6.34. The second-order valence-electron chi connectivity index (χ2n) is 8.99. The van der Waals surface area contributed by atoms with Gasteiger partial charge in [-0.1, -0.05) is 24.3 Å². The zero-order chi connectivity index (χ0) is 28.0. The number of anilines is 2. The molecule has 39 heavy (non-hydrogen) atoms. The second kappa shape index (κ2) is 11.6. The van der Waals surface area contributed by atoms with Gasteiger partial charge in [-0.15, -0.1) is 0 Å². The fraction of sp³-hybridized carbons (Fsp3) is 0.286. The van der Waals surface area contributed by atoms with Gasteiger partial charge in [-0.3, -0.25) is 9.59 Å². The maximum Gasteiger partial charge on any atom is 0.418 e. The lowest BCUT2D eigenvalue weighted by Gasteiger charge is -2.27. The van der Waals surface area contributed by atoms with Gasteiger partial charge in [0.25, 0.3) is 5.91 Å². The molecule has 206 valence electrons. The van der Waals surface area contributed by atoms with Crippen molar-refractivity contribution >= 4 is 23.2 Å². The number of hydrogen-bond donors (Lipinski definition) is 3. The van der Waals surface area contributed by atoms with Gasteiger partial charge in [-0.2, -0.15) is 13.2 Å². The van der Waals surface area contributed by atoms with Crippen LogP contribution in [-0.4, -0.2) is 44.8 Å². The van der Waals surface area contributed by atoms with Crippen LogP contribution < -0.4 is 25.4 Å². The average molecular weight is 544 g/mol. The Labute approximate surface area is 223 Å². The molecule has 4 rings (SSSR count). The summed E-state index contributed by atoms with van der Waals surface area (Å²) in [5.41, 5.74) is -0.644. The van der Waals surface area contributed by atoms with Crippen molar-refractivity contribution in [3.63, 3.8) is 0 Å². The SMILES string of the molecule is COc1cc(OC)cc(C(=O)NC2(C(=O)NCc3ccc(Nc4ccccc4C(F)(F)F)cc3)CCOC2)c1. The van der Waals surface area contributed by atoms with Gasteiger partial charge in [0, 0.05) is 36.9 Å². The van der Waals surface area contributed by atoms with Crippen LogP contribution >= 0.6 is 0 Å². The van der Waals surface area contributed by atoms with Crippen LogP contribution in [0.5, 0.6) is 11.5 Å². The third-order valence-electron chi connectivity index (χ3n) is 6.34. The van der Waals surface area contributed by atoms with E-state index in [-0.39, 0.29) is 30.8 Å². The summed E-state index contributed by atoms with van der Waals surface area (Å²) < 4.78 is 55.7. The molecule has 1 unspecified atom stereocenters. The van der Waals surface area contributed by atoms with Crippen molar-refractivity contribution in [2.75, 3.05) is 32.8 Å². The predicted molar refractivity (Wildman–Crippen MR) is 138 cm³/mol. The molecule has 1 fully saturated rings. The number of carbonyl (C=O) groups is 2. The van der Waals surface area contributed by atoms with Crippen LogP contribution in [-0.2, 0) is 22.3 Å². The first-order valence-electron chi connectivity index (χ1n) is 12.1. The molecule has 8 nitrogen and oxygen atoms in total. The van der Waals surface area contributed by atoms with Gasteiger partial charge in [0.1, 0.15) is 17.0 Å². The van der Waals surface area contributed by atoms with Crippen molar-refractivity contribution in [2.24, 2.45) is 0 Å². The van der Waals surface area contributed by atoms with E-state index < -0.39 is 29.1 Å². The summed E-state index contributed by atoms with van der Waals surface area (Å²) in [7, 11) is 2.94. The van der Waals surface area contributed by atoms with E-state index in [1.54, 1.807) is 42.5 Å². The molecule has 1 heterocycles. The highest BCUT2D eigenvalue weighted by Crippen LogP contribution is 2.36. The summed E-state index contributed by atoms with van der Waals surface area (Å²) in [6.45, 7) is 0.449. The normalized spacial score (nSPS) is 16.8. The minimum absolute atomic E-state index is 0.00709. The number of carbonyl (C=O) groups excluding carboxylic acids is 2. The number of nitrogens with one attached hydrogen (secondary N) is 3. The number of hydrogen-bond acceptors (Lipinski definition) is 6. The van der Waals surface area contributed by atoms with Crippen LogP contribution in [0.4, 0.5) is 24.5 Å². The van der Waals surface area contributed by atoms with Crippen molar-refractivity contribution in [3.8, 4) is 11.5 Å². The van der Waals surface area contributed by atoms with E-state index in [2.05, 4.69) is 16.0 Å². The van der Waals surface area contributed by atoms with Gasteiger partial charge in [0.05, 0.1) is 32.1 Å². The highest BCUT2D eigenvalue weighted by molar-refractivity contribution is 6.00. The first-order valence-corrected chi connectivity index (χ1v) is 12.1. The van der Waals surface area contributed by atoms with E-state index in [1.807, 2.05) is 0 Å². The van der Waals surface area contributed by atoms with Crippen LogP contribution in [0.25, 0.3) is 0 Å². The molecule has 11 heteroatoms. The number of ether oxygens (including phenoxy) is 3. The quantitative estimate of drug-likeness (QED) is 0.363. The molecule has 3 aromatic carbocycles. The fourth-order valence-electron chi connectivity index (χ4n) is 4.18. The average Bonchev–Trinajstić information content (AvgIpc) is 3.41. The molecule has 3 aromatic rings. The molecule has 0 radical (unpaired) electrons. The van der Waals surface area contributed by atoms with Gasteiger partial charge < -0.3 is 30.2 Å². The zero-order valence-electron chi connectivity index (χ0n) is 21.4. The second-order valence-corrected chi connectivity index (χ2v) is 8.99. The Hall–Kier alpha value is -4.25. The molecule has 0 aliphatic carbocycles. The van der Waals surface area contributed by atoms with Crippen molar-refractivity contribution < 1.29 is 37.0 Å². The van der Waals surface area contributed by atoms with E-state index in [0.29, 0.717) is 23.8 Å². The molecule has 0 spiro atoms. The smallest absolute Gasteiger partial charge is 0.418 e. The first kappa shape index (κ1) is 27.8. The maximum atomic E-state index is 13.3. The van der Waals surface area contributed by atoms with E-state index in [1.165, 1.54) is 32.4 Å². The Bertz CT molecular complexity index is 1300. The minimum Gasteiger partial charge on any atom is -0.497 e. The number of rotatable bonds is 9. The van der Waals surface area contributed by atoms with E-state index in [0.717, 1.165) is 11.6 Å². The molecule has 1 saturated heterocycles. The van der Waals surface area contributed by atoms with Crippen LogP contribution in [0.15, 0.2) is 66.7 Å². The highest BCUT2D eigenvalue weighted by Gasteiger charge is 2.44. The number of methoxy groups -OCH3 is 2. The van der Waals surface area contributed by atoms with Gasteiger partial charge >= 0.3 is 6.18 Å². The Morgan fingerprint density at radius 1 is 0.974 bits per heavy atom. The van der Waals surface area contributed by atoms with E-state index in [9.17, 15) is 22.8 Å². The number of alkyl halides is 3. The molecule has 0 bridgehead atoms. The molecule has 1 aliphatic heterocycles. The molecule has 1 atom stereocenters. The summed E-state index contributed by atoms with van der Waals surface area (Å²) in [5.74, 6) is -0.0343. The van der Waals surface area contributed by atoms with Crippen LogP contribution in [0.3, 0.4) is 0 Å². The van der Waals surface area contributed by atoms with Crippen molar-refractivity contribution in [2.45, 2.75) is 24.7 Å². The van der Waals surface area contributed by atoms with Gasteiger partial charge in [0.15, 0.2) is 0 Å². The van der Waals surface area contributed by atoms with Crippen molar-refractivity contribution in [3.05, 3.63) is 83.4 Å². The fourth-order valence-corrected chi connectivity index (χ4v) is 4.18. The summed E-state index contributed by atoms with van der Waals surface area (Å²) in [5, 5.41) is 8.43. The van der Waals surface area contributed by atoms with E-state index in [4.69, 9.17) is 14.2 Å². The highest BCUT2D eigenvalue weighted by atomic mass is 19.4. The first-order chi connectivity index (χ1) is 18.6. The predicted octanol–water partition coefficient (Wildman–Crippen LogP) is 4.67. The topological polar surface area (TPSA) is 97.9 Å². The summed E-state index contributed by atoms with van der Waals surface area (Å²) >= 11 is 0. The molecule has 0 aromatic heterocycles. The molecular formula is C28H28F3N3O5. The lowest BCUT2D eigenvalue weighted by Crippen LogP contribution is -2.59. The molecule has 3 N–H and O–H groups in total. The number of para-hydroxylation sites is 1. The standard InChI is InChI=1S/C28H28F3N3O5/c1-37-21-13-19(14-22(15-21)38-2)25(35)34-27(11-12-39-17-27)26(36)32-16-18-7-9-20(10-8-18)33-24-6-4-3-5-23(24)28(29,30)31/h3-10,13-15,33H,11-12,16-17H2,1-2H3,(H,32,36)(H,34,35). The van der Waals surface area contributed by atoms with Crippen LogP contribution in [0, 0.1) is 0 Å². The lowest BCUT2D eigenvalue weighted by atomic mass is 9.96. The Kier molecular flexibility index (Phi) is 8.29. The maximum absolute atomic E-state index is 13.3. The Morgan fingerprint density at radius 3 is 2.23 bits per heavy atom. The zero-order valence-corrected chi connectivity index (χ0v) is 21.4. The molecule has 0 saturated carbocycles. The summed E-state index contributed by atoms with van der Waals surface area (Å²) in [6.07, 6.45) is -4.20. The summed E-state index contributed by atoms with van der Waals surface area (Å²) in [6, 6.07) is 16.6. The van der Waals surface area contributed by atoms with Gasteiger partial charge in [-0.25, -0.2) is 0 Å². The number of benzene rings is 3. The molecule has 2 amide bonds. The Balaban J connectivity index is 1.41. The van der Waals surface area contributed by atoms with E-state index >= 15 is 0 Å². The van der Waals surface area contributed by atoms with Crippen LogP contribution in [0.2, 0.25) is 0 Å². The molecule has 1 aliphatic rings. The van der Waals surface area contributed by atoms with Gasteiger partial charge in [0.2, 0.25) is 5.91 Å². The molecular weight excluding hydrogens is 515 g/mol. The largest absolute Gasteiger partial charge is 0.497 e. The Morgan fingerprint density at radius 2 is 1.64 bits per heavy atom. The number of halogens is 3. The van der Waals surface area contributed by atoms with Crippen molar-refractivity contribution in [1.29, 1.82) is 0 Å². The monoisotopic (exact) mass is 543 g/mol. The van der Waals surface area contributed by atoms with Crippen molar-refractivity contribution in [1.82, 2.24) is 10.6 Å². The minimum atomic E-state index is -4.48. The lowest BCUT2D eigenvalue weighted by molar-refractivity contribution is -0.137.